The first-order chi connectivity index (χ1) is 10.3. The molecule has 0 aliphatic heterocycles. The minimum absolute atomic E-state index is 0.987. The van der Waals surface area contributed by atoms with E-state index in [0.717, 1.165) is 17.6 Å². The predicted octanol–water partition coefficient (Wildman–Crippen LogP) is 3.63. The Morgan fingerprint density at radius 1 is 0.810 bits per heavy atom. The Balaban J connectivity index is 0.000000126. The van der Waals surface area contributed by atoms with Gasteiger partial charge in [-0.3, -0.25) is 0 Å². The maximum absolute atomic E-state index is 4.25. The summed E-state index contributed by atoms with van der Waals surface area (Å²) in [5, 5.41) is 0. The van der Waals surface area contributed by atoms with Crippen LogP contribution >= 0.6 is 0 Å². The molecule has 0 N–H and O–H groups in total. The predicted molar refractivity (Wildman–Crippen MR) is 86.1 cm³/mol. The Morgan fingerprint density at radius 3 is 2.05 bits per heavy atom. The van der Waals surface area contributed by atoms with E-state index >= 15 is 0 Å². The molecule has 0 fully saturated rings. The van der Waals surface area contributed by atoms with Crippen LogP contribution < -0.4 is 0 Å². The fourth-order valence-corrected chi connectivity index (χ4v) is 2.34. The van der Waals surface area contributed by atoms with Gasteiger partial charge in [-0.15, -0.1) is 0 Å². The summed E-state index contributed by atoms with van der Waals surface area (Å²) < 4.78 is 4.14. The van der Waals surface area contributed by atoms with E-state index in [9.17, 15) is 0 Å². The first kappa shape index (κ1) is 13.4. The quantitative estimate of drug-likeness (QED) is 0.533. The highest BCUT2D eigenvalue weighted by Crippen LogP contribution is 2.10. The summed E-state index contributed by atoms with van der Waals surface area (Å²) in [6.45, 7) is 3.11. The molecule has 0 radical (unpaired) electrons. The highest BCUT2D eigenvalue weighted by Gasteiger charge is 1.96. The molecule has 0 bridgehead atoms. The number of imidazole rings is 2. The fraction of sp³-hybridized carbons (Fsp3) is 0.176. The minimum Gasteiger partial charge on any atom is -0.334 e. The van der Waals surface area contributed by atoms with Crippen LogP contribution in [0.1, 0.15) is 6.92 Å². The average molecular weight is 278 g/mol. The second-order valence-corrected chi connectivity index (χ2v) is 4.86. The van der Waals surface area contributed by atoms with Crippen molar-refractivity contribution in [2.24, 2.45) is 7.05 Å². The molecule has 0 unspecified atom stereocenters. The summed E-state index contributed by atoms with van der Waals surface area (Å²) in [4.78, 5) is 8.43. The van der Waals surface area contributed by atoms with Crippen LogP contribution in [0, 0.1) is 0 Å². The van der Waals surface area contributed by atoms with Crippen LogP contribution in [0.5, 0.6) is 0 Å². The van der Waals surface area contributed by atoms with Gasteiger partial charge in [0.25, 0.3) is 0 Å². The maximum Gasteiger partial charge on any atom is 0.0958 e. The van der Waals surface area contributed by atoms with Gasteiger partial charge in [-0.1, -0.05) is 24.3 Å². The van der Waals surface area contributed by atoms with Gasteiger partial charge in [0.15, 0.2) is 0 Å². The largest absolute Gasteiger partial charge is 0.334 e. The van der Waals surface area contributed by atoms with Crippen LogP contribution in [0.25, 0.3) is 22.1 Å². The van der Waals surface area contributed by atoms with E-state index in [-0.39, 0.29) is 0 Å². The third-order valence-electron chi connectivity index (χ3n) is 3.50. The number of hydrogen-bond donors (Lipinski definition) is 0. The molecule has 2 aromatic heterocycles. The lowest BCUT2D eigenvalue weighted by molar-refractivity contribution is 0.787. The molecule has 4 aromatic rings. The van der Waals surface area contributed by atoms with Gasteiger partial charge >= 0.3 is 0 Å². The molecule has 21 heavy (non-hydrogen) atoms. The van der Waals surface area contributed by atoms with E-state index in [1.807, 2.05) is 60.7 Å². The highest BCUT2D eigenvalue weighted by atomic mass is 15.0. The second kappa shape index (κ2) is 5.79. The van der Waals surface area contributed by atoms with E-state index in [1.54, 1.807) is 0 Å². The zero-order valence-corrected chi connectivity index (χ0v) is 12.3. The summed E-state index contributed by atoms with van der Waals surface area (Å²) in [6, 6.07) is 16.2. The van der Waals surface area contributed by atoms with Gasteiger partial charge in [-0.05, 0) is 31.2 Å². The number of rotatable bonds is 1. The van der Waals surface area contributed by atoms with Crippen molar-refractivity contribution in [3.63, 3.8) is 0 Å². The van der Waals surface area contributed by atoms with Crippen molar-refractivity contribution in [2.75, 3.05) is 0 Å². The van der Waals surface area contributed by atoms with Crippen molar-refractivity contribution in [3.05, 3.63) is 61.2 Å². The Hall–Kier alpha value is -2.62. The van der Waals surface area contributed by atoms with E-state index in [0.29, 0.717) is 0 Å². The number of fused-ring (bicyclic) bond motifs is 2. The minimum atomic E-state index is 0.987. The standard InChI is InChI=1S/C9H10N2.C8H8N2/c1-2-11-7-10-8-5-3-4-6-9(8)11;1-10-6-9-7-4-2-3-5-8(7)10/h3-7H,2H2,1H3;2-6H,1H3. The molecule has 4 heteroatoms. The Morgan fingerprint density at radius 2 is 1.38 bits per heavy atom. The molecule has 4 nitrogen and oxygen atoms in total. The molecule has 0 saturated heterocycles. The molecule has 106 valence electrons. The summed E-state index contributed by atoms with van der Waals surface area (Å²) >= 11 is 0. The topological polar surface area (TPSA) is 35.6 Å². The number of benzene rings is 2. The van der Waals surface area contributed by atoms with Crippen molar-refractivity contribution in [1.29, 1.82) is 0 Å². The van der Waals surface area contributed by atoms with Crippen molar-refractivity contribution in [1.82, 2.24) is 19.1 Å². The Labute approximate surface area is 123 Å². The van der Waals surface area contributed by atoms with Gasteiger partial charge in [0, 0.05) is 13.6 Å². The highest BCUT2D eigenvalue weighted by molar-refractivity contribution is 5.75. The monoisotopic (exact) mass is 278 g/mol. The number of nitrogens with zero attached hydrogens (tertiary/aromatic N) is 4. The van der Waals surface area contributed by atoms with Crippen LogP contribution in [-0.4, -0.2) is 19.1 Å². The van der Waals surface area contributed by atoms with Crippen LogP contribution in [-0.2, 0) is 13.6 Å². The lowest BCUT2D eigenvalue weighted by Gasteiger charge is -1.95. The van der Waals surface area contributed by atoms with E-state index in [1.165, 1.54) is 11.0 Å². The van der Waals surface area contributed by atoms with Gasteiger partial charge in [0.2, 0.25) is 0 Å². The van der Waals surface area contributed by atoms with Crippen molar-refractivity contribution < 1.29 is 0 Å². The third-order valence-corrected chi connectivity index (χ3v) is 3.50. The molecular weight excluding hydrogens is 260 g/mol. The Bertz CT molecular complexity index is 857. The normalized spacial score (nSPS) is 10.6. The van der Waals surface area contributed by atoms with Crippen molar-refractivity contribution >= 4 is 22.1 Å². The first-order valence-electron chi connectivity index (χ1n) is 7.05. The van der Waals surface area contributed by atoms with Crippen LogP contribution in [0.3, 0.4) is 0 Å². The Kier molecular flexibility index (Phi) is 3.69. The molecule has 0 atom stereocenters. The number of hydrogen-bond acceptors (Lipinski definition) is 2. The molecule has 0 aliphatic rings. The van der Waals surface area contributed by atoms with Crippen LogP contribution in [0.4, 0.5) is 0 Å². The van der Waals surface area contributed by atoms with Crippen LogP contribution in [0.15, 0.2) is 61.2 Å². The smallest absolute Gasteiger partial charge is 0.0958 e. The molecule has 0 aliphatic carbocycles. The van der Waals surface area contributed by atoms with E-state index < -0.39 is 0 Å². The lowest BCUT2D eigenvalue weighted by Crippen LogP contribution is -1.89. The molecular formula is C17H18N4. The van der Waals surface area contributed by atoms with Crippen molar-refractivity contribution in [2.45, 2.75) is 13.5 Å². The van der Waals surface area contributed by atoms with Gasteiger partial charge in [0.1, 0.15) is 0 Å². The summed E-state index contributed by atoms with van der Waals surface area (Å²) in [5.74, 6) is 0. The third kappa shape index (κ3) is 2.65. The molecule has 0 amide bonds. The van der Waals surface area contributed by atoms with Crippen LogP contribution in [0.2, 0.25) is 0 Å². The fourth-order valence-electron chi connectivity index (χ4n) is 2.34. The average Bonchev–Trinajstić information content (AvgIpc) is 3.12. The number of aryl methyl sites for hydroxylation is 2. The van der Waals surface area contributed by atoms with Crippen molar-refractivity contribution in [3.8, 4) is 0 Å². The summed E-state index contributed by atoms with van der Waals surface area (Å²) in [6.07, 6.45) is 3.70. The van der Waals surface area contributed by atoms with Gasteiger partial charge in [0.05, 0.1) is 34.7 Å². The zero-order valence-electron chi connectivity index (χ0n) is 12.3. The lowest BCUT2D eigenvalue weighted by atomic mass is 10.3. The van der Waals surface area contributed by atoms with E-state index in [4.69, 9.17) is 0 Å². The van der Waals surface area contributed by atoms with Gasteiger partial charge in [-0.2, -0.15) is 0 Å². The molecule has 2 heterocycles. The zero-order chi connectivity index (χ0) is 14.7. The molecule has 4 rings (SSSR count). The number of aromatic nitrogens is 4. The molecule has 2 aromatic carbocycles. The maximum atomic E-state index is 4.25. The van der Waals surface area contributed by atoms with Gasteiger partial charge in [-0.25, -0.2) is 9.97 Å². The van der Waals surface area contributed by atoms with Gasteiger partial charge < -0.3 is 9.13 Å². The second-order valence-electron chi connectivity index (χ2n) is 4.86. The molecule has 0 spiro atoms. The first-order valence-corrected chi connectivity index (χ1v) is 7.05. The molecule has 0 saturated carbocycles. The number of para-hydroxylation sites is 4. The SMILES string of the molecule is CCn1cnc2ccccc21.Cn1cnc2ccccc21. The van der Waals surface area contributed by atoms with E-state index in [2.05, 4.69) is 33.6 Å². The summed E-state index contributed by atoms with van der Waals surface area (Å²) in [5.41, 5.74) is 4.54. The summed E-state index contributed by atoms with van der Waals surface area (Å²) in [7, 11) is 2.00.